The minimum Gasteiger partial charge on any atom is -0.508 e. The van der Waals surface area contributed by atoms with E-state index < -0.39 is 58.0 Å². The number of rotatable bonds is 6. The first-order valence-corrected chi connectivity index (χ1v) is 13.7. The van der Waals surface area contributed by atoms with Crippen LogP contribution in [0.2, 0.25) is 0 Å². The lowest BCUT2D eigenvalue weighted by molar-refractivity contribution is -0.153. The molecule has 11 nitrogen and oxygen atoms in total. The minimum absolute atomic E-state index is 0.0369. The quantitative estimate of drug-likeness (QED) is 0.249. The minimum atomic E-state index is -2.64. The summed E-state index contributed by atoms with van der Waals surface area (Å²) >= 11 is 0. The monoisotopic (exact) mass is 590 g/mol. The molecule has 0 aromatic heterocycles. The summed E-state index contributed by atoms with van der Waals surface area (Å²) in [5.74, 6) is -5.12. The van der Waals surface area contributed by atoms with E-state index in [-0.39, 0.29) is 29.7 Å². The SMILES string of the molecule is CNC(=O)C1=C(O)[C@@]2(O)C(=O)C3=C(O)c4c(O)ccc(/C=C/c5ccc(OC)c(OC)c5)c4C[C@H]3C[C@H]2[C@H](N(C)C)C1=O. The number of ketones is 2. The van der Waals surface area contributed by atoms with Crippen LogP contribution in [-0.4, -0.2) is 89.8 Å². The van der Waals surface area contributed by atoms with Crippen molar-refractivity contribution >= 4 is 35.4 Å². The second kappa shape index (κ2) is 10.9. The number of phenols is 1. The molecule has 0 spiro atoms. The summed E-state index contributed by atoms with van der Waals surface area (Å²) in [7, 11) is 7.53. The fourth-order valence-electron chi connectivity index (χ4n) is 6.67. The Hall–Kier alpha value is -4.61. The molecule has 2 aromatic rings. The highest BCUT2D eigenvalue weighted by Crippen LogP contribution is 2.53. The molecule has 1 fully saturated rings. The molecule has 2 aromatic carbocycles. The van der Waals surface area contributed by atoms with Crippen LogP contribution in [0.5, 0.6) is 17.2 Å². The molecule has 1 saturated carbocycles. The Bertz CT molecular complexity index is 1640. The third kappa shape index (κ3) is 4.47. The van der Waals surface area contributed by atoms with E-state index in [1.54, 1.807) is 39.4 Å². The van der Waals surface area contributed by atoms with E-state index in [9.17, 15) is 34.8 Å². The molecule has 226 valence electrons. The van der Waals surface area contributed by atoms with Crippen LogP contribution >= 0.6 is 0 Å². The van der Waals surface area contributed by atoms with Crippen molar-refractivity contribution in [1.82, 2.24) is 10.2 Å². The van der Waals surface area contributed by atoms with Gasteiger partial charge < -0.3 is 35.2 Å². The predicted molar refractivity (Wildman–Crippen MR) is 158 cm³/mol. The van der Waals surface area contributed by atoms with E-state index in [1.165, 1.54) is 25.1 Å². The van der Waals surface area contributed by atoms with Gasteiger partial charge >= 0.3 is 0 Å². The van der Waals surface area contributed by atoms with Crippen molar-refractivity contribution in [1.29, 1.82) is 0 Å². The molecule has 0 unspecified atom stereocenters. The Kier molecular flexibility index (Phi) is 7.57. The van der Waals surface area contributed by atoms with Gasteiger partial charge in [0.1, 0.15) is 22.8 Å². The van der Waals surface area contributed by atoms with Gasteiger partial charge in [-0.15, -0.1) is 0 Å². The van der Waals surface area contributed by atoms with Gasteiger partial charge in [0.05, 0.1) is 25.8 Å². The largest absolute Gasteiger partial charge is 0.508 e. The highest BCUT2D eigenvalue weighted by atomic mass is 16.5. The number of nitrogens with zero attached hydrogens (tertiary/aromatic N) is 1. The molecule has 1 amide bonds. The number of aromatic hydroxyl groups is 1. The standard InChI is InChI=1S/C32H34N2O9/c1-33-31(40)25-28(37)26(34(2)3)19-14-17-13-18-16(8-6-15-7-11-21(42-4)22(12-15)43-5)9-10-20(35)24(18)27(36)23(17)29(38)32(19,41)30(25)39/h6-12,17,19,26,35-36,39,41H,13-14H2,1-5H3,(H,33,40)/b8-6+/t17-,19-,26-,32-/m0/s1. The van der Waals surface area contributed by atoms with E-state index in [4.69, 9.17) is 9.47 Å². The molecule has 5 rings (SSSR count). The number of Topliss-reactive ketones (excluding diaryl/α,β-unsaturated/α-hetero) is 2. The number of hydrogen-bond donors (Lipinski definition) is 5. The van der Waals surface area contributed by atoms with E-state index in [1.807, 2.05) is 18.2 Å². The third-order valence-corrected chi connectivity index (χ3v) is 8.71. The predicted octanol–water partition coefficient (Wildman–Crippen LogP) is 2.41. The number of aliphatic hydroxyl groups is 3. The van der Waals surface area contributed by atoms with E-state index >= 15 is 0 Å². The summed E-state index contributed by atoms with van der Waals surface area (Å²) in [6, 6.07) is 7.41. The van der Waals surface area contributed by atoms with Crippen LogP contribution in [0.4, 0.5) is 0 Å². The number of phenolic OH excluding ortho intramolecular Hbond substituents is 1. The van der Waals surface area contributed by atoms with Gasteiger partial charge in [-0.3, -0.25) is 19.3 Å². The fourth-order valence-corrected chi connectivity index (χ4v) is 6.67. The van der Waals surface area contributed by atoms with E-state index in [0.29, 0.717) is 22.6 Å². The van der Waals surface area contributed by atoms with Crippen LogP contribution in [0.25, 0.3) is 17.9 Å². The number of fused-ring (bicyclic) bond motifs is 3. The van der Waals surface area contributed by atoms with Crippen molar-refractivity contribution in [2.75, 3.05) is 35.4 Å². The van der Waals surface area contributed by atoms with Gasteiger partial charge in [0, 0.05) is 18.5 Å². The number of hydrogen-bond acceptors (Lipinski definition) is 10. The van der Waals surface area contributed by atoms with Gasteiger partial charge in [-0.25, -0.2) is 0 Å². The summed E-state index contributed by atoms with van der Waals surface area (Å²) in [6.45, 7) is 0. The first-order valence-electron chi connectivity index (χ1n) is 13.7. The molecule has 11 heteroatoms. The number of benzene rings is 2. The molecular weight excluding hydrogens is 556 g/mol. The number of methoxy groups -OCH3 is 2. The van der Waals surface area contributed by atoms with E-state index in [2.05, 4.69) is 5.32 Å². The van der Waals surface area contributed by atoms with Crippen molar-refractivity contribution in [3.63, 3.8) is 0 Å². The molecule has 0 saturated heterocycles. The van der Waals surface area contributed by atoms with E-state index in [0.717, 1.165) is 5.56 Å². The smallest absolute Gasteiger partial charge is 0.258 e. The number of likely N-dealkylation sites (N-methyl/N-ethyl adjacent to an activating group) is 2. The number of carbonyl (C=O) groups is 3. The van der Waals surface area contributed by atoms with Crippen molar-refractivity contribution in [3.05, 3.63) is 69.5 Å². The first-order chi connectivity index (χ1) is 20.4. The molecule has 0 aliphatic heterocycles. The summed E-state index contributed by atoms with van der Waals surface area (Å²) in [5.41, 5.74) is -1.40. The molecule has 5 N–H and O–H groups in total. The molecule has 4 atom stereocenters. The maximum atomic E-state index is 14.1. The number of carbonyl (C=O) groups excluding carboxylic acids is 3. The number of ether oxygens (including phenoxy) is 2. The van der Waals surface area contributed by atoms with Gasteiger partial charge in [-0.1, -0.05) is 24.3 Å². The van der Waals surface area contributed by atoms with Crippen LogP contribution in [0.3, 0.4) is 0 Å². The average Bonchev–Trinajstić information content (AvgIpc) is 2.98. The highest BCUT2D eigenvalue weighted by Gasteiger charge is 2.64. The lowest BCUT2D eigenvalue weighted by Gasteiger charge is -2.50. The second-order valence-electron chi connectivity index (χ2n) is 11.2. The number of aliphatic hydroxyl groups excluding tert-OH is 2. The van der Waals surface area contributed by atoms with Crippen molar-refractivity contribution in [2.24, 2.45) is 11.8 Å². The normalized spacial score (nSPS) is 25.0. The Labute approximate surface area is 248 Å². The summed E-state index contributed by atoms with van der Waals surface area (Å²) in [5, 5.41) is 47.5. The zero-order valence-electron chi connectivity index (χ0n) is 24.5. The zero-order chi connectivity index (χ0) is 31.4. The van der Waals surface area contributed by atoms with Gasteiger partial charge in [0.15, 0.2) is 22.9 Å². The molecule has 0 radical (unpaired) electrons. The lowest BCUT2D eigenvalue weighted by Crippen LogP contribution is -2.65. The molecule has 0 bridgehead atoms. The molecule has 43 heavy (non-hydrogen) atoms. The van der Waals surface area contributed by atoms with Crippen molar-refractivity contribution < 1.29 is 44.3 Å². The van der Waals surface area contributed by atoms with Crippen molar-refractivity contribution in [2.45, 2.75) is 24.5 Å². The Morgan fingerprint density at radius 3 is 2.37 bits per heavy atom. The maximum absolute atomic E-state index is 14.1. The highest BCUT2D eigenvalue weighted by molar-refractivity contribution is 6.25. The summed E-state index contributed by atoms with van der Waals surface area (Å²) < 4.78 is 10.7. The molecule has 0 heterocycles. The molecular formula is C32H34N2O9. The Morgan fingerprint density at radius 1 is 1.05 bits per heavy atom. The van der Waals surface area contributed by atoms with Crippen LogP contribution in [0.15, 0.2) is 47.2 Å². The molecule has 3 aliphatic carbocycles. The topological polar surface area (TPSA) is 166 Å². The average molecular weight is 591 g/mol. The van der Waals surface area contributed by atoms with Crippen LogP contribution < -0.4 is 14.8 Å². The van der Waals surface area contributed by atoms with Crippen LogP contribution in [-0.2, 0) is 20.8 Å². The summed E-state index contributed by atoms with van der Waals surface area (Å²) in [4.78, 5) is 41.6. The zero-order valence-corrected chi connectivity index (χ0v) is 24.5. The first kappa shape index (κ1) is 29.9. The third-order valence-electron chi connectivity index (χ3n) is 8.71. The van der Waals surface area contributed by atoms with Gasteiger partial charge in [0.25, 0.3) is 5.91 Å². The lowest BCUT2D eigenvalue weighted by atomic mass is 9.57. The van der Waals surface area contributed by atoms with Gasteiger partial charge in [0.2, 0.25) is 5.78 Å². The fraction of sp³-hybridized carbons (Fsp3) is 0.344. The number of nitrogens with one attached hydrogen (secondary N) is 1. The Morgan fingerprint density at radius 2 is 1.74 bits per heavy atom. The molecule has 3 aliphatic rings. The Balaban J connectivity index is 1.63. The second-order valence-corrected chi connectivity index (χ2v) is 11.2. The van der Waals surface area contributed by atoms with Crippen LogP contribution in [0, 0.1) is 11.8 Å². The summed E-state index contributed by atoms with van der Waals surface area (Å²) in [6.07, 6.45) is 3.89. The van der Waals surface area contributed by atoms with Crippen LogP contribution in [0.1, 0.15) is 28.7 Å². The van der Waals surface area contributed by atoms with Crippen molar-refractivity contribution in [3.8, 4) is 17.2 Å². The van der Waals surface area contributed by atoms with Gasteiger partial charge in [-0.2, -0.15) is 0 Å². The maximum Gasteiger partial charge on any atom is 0.258 e. The number of amides is 1. The van der Waals surface area contributed by atoms with Gasteiger partial charge in [-0.05, 0) is 67.7 Å².